The summed E-state index contributed by atoms with van der Waals surface area (Å²) in [5.41, 5.74) is 3.35. The maximum Gasteiger partial charge on any atom is 0.140 e. The van der Waals surface area contributed by atoms with Gasteiger partial charge in [-0.25, -0.2) is 10.8 Å². The number of pyridine rings is 1. The van der Waals surface area contributed by atoms with Gasteiger partial charge in [0, 0.05) is 19.7 Å². The van der Waals surface area contributed by atoms with Crippen LogP contribution in [0.25, 0.3) is 0 Å². The minimum absolute atomic E-state index is 0.621. The predicted molar refractivity (Wildman–Crippen MR) is 74.5 cm³/mol. The first-order chi connectivity index (χ1) is 8.71. The number of nitrogens with two attached hydrogens (primary N) is 1. The fourth-order valence-corrected chi connectivity index (χ4v) is 1.74. The molecule has 1 aromatic heterocycles. The Morgan fingerprint density at radius 1 is 1.44 bits per heavy atom. The summed E-state index contributed by atoms with van der Waals surface area (Å²) in [7, 11) is 0. The number of halogens is 1. The number of rotatable bonds is 8. The van der Waals surface area contributed by atoms with Gasteiger partial charge in [0.15, 0.2) is 0 Å². The Labute approximate surface area is 113 Å². The van der Waals surface area contributed by atoms with Crippen LogP contribution < -0.4 is 11.3 Å². The summed E-state index contributed by atoms with van der Waals surface area (Å²) in [6.07, 6.45) is 0. The van der Waals surface area contributed by atoms with Gasteiger partial charge in [-0.05, 0) is 25.6 Å². The molecule has 18 heavy (non-hydrogen) atoms. The number of nitrogen functional groups attached to an aromatic ring is 1. The zero-order chi connectivity index (χ0) is 13.4. The lowest BCUT2D eigenvalue weighted by Crippen LogP contribution is -2.27. The number of hydrazine groups is 1. The lowest BCUT2D eigenvalue weighted by Gasteiger charge is -2.20. The Hall–Kier alpha value is -0.880. The van der Waals surface area contributed by atoms with Gasteiger partial charge in [-0.3, -0.25) is 4.90 Å². The second kappa shape index (κ2) is 8.26. The maximum absolute atomic E-state index is 6.13. The molecule has 0 saturated carbocycles. The van der Waals surface area contributed by atoms with Crippen LogP contribution in [-0.2, 0) is 11.3 Å². The normalized spacial score (nSPS) is 10.9. The lowest BCUT2D eigenvalue weighted by atomic mass is 10.3. The van der Waals surface area contributed by atoms with E-state index in [9.17, 15) is 0 Å². The molecule has 0 aliphatic carbocycles. The van der Waals surface area contributed by atoms with Gasteiger partial charge in [-0.2, -0.15) is 0 Å². The van der Waals surface area contributed by atoms with Gasteiger partial charge >= 0.3 is 0 Å². The Bertz CT molecular complexity index is 362. The molecule has 0 spiro atoms. The molecule has 0 aromatic carbocycles. The third-order valence-electron chi connectivity index (χ3n) is 2.64. The van der Waals surface area contributed by atoms with Crippen molar-refractivity contribution in [2.24, 2.45) is 5.84 Å². The van der Waals surface area contributed by atoms with Crippen molar-refractivity contribution < 1.29 is 4.74 Å². The highest BCUT2D eigenvalue weighted by Crippen LogP contribution is 2.17. The number of hydrogen-bond donors (Lipinski definition) is 2. The van der Waals surface area contributed by atoms with E-state index in [2.05, 4.69) is 22.2 Å². The predicted octanol–water partition coefficient (Wildman–Crippen LogP) is 1.88. The van der Waals surface area contributed by atoms with Crippen LogP contribution in [0.1, 0.15) is 19.5 Å². The van der Waals surface area contributed by atoms with E-state index in [0.717, 1.165) is 32.0 Å². The van der Waals surface area contributed by atoms with Crippen molar-refractivity contribution in [3.05, 3.63) is 22.8 Å². The van der Waals surface area contributed by atoms with E-state index in [1.54, 1.807) is 12.1 Å². The van der Waals surface area contributed by atoms with Gasteiger partial charge in [0.2, 0.25) is 0 Å². The number of likely N-dealkylation sites (N-methyl/N-ethyl adjacent to an activating group) is 1. The molecule has 5 nitrogen and oxygen atoms in total. The van der Waals surface area contributed by atoms with Gasteiger partial charge in [-0.1, -0.05) is 18.5 Å². The van der Waals surface area contributed by atoms with E-state index in [-0.39, 0.29) is 0 Å². The van der Waals surface area contributed by atoms with E-state index in [0.29, 0.717) is 17.4 Å². The molecule has 1 aromatic rings. The molecular weight excluding hydrogens is 252 g/mol. The standard InChI is InChI=1S/C12H21ClN4O/c1-3-17(7-8-18-4-2)9-11-10(13)5-6-12(15-11)16-14/h5-6H,3-4,7-9,14H2,1-2H3,(H,15,16). The molecule has 0 unspecified atom stereocenters. The first-order valence-corrected chi connectivity index (χ1v) is 6.51. The molecule has 0 aliphatic heterocycles. The third kappa shape index (κ3) is 4.78. The van der Waals surface area contributed by atoms with Crippen LogP contribution in [-0.4, -0.2) is 36.2 Å². The van der Waals surface area contributed by atoms with Gasteiger partial charge < -0.3 is 10.2 Å². The van der Waals surface area contributed by atoms with E-state index in [1.165, 1.54) is 0 Å². The highest BCUT2D eigenvalue weighted by molar-refractivity contribution is 6.31. The van der Waals surface area contributed by atoms with Crippen molar-refractivity contribution >= 4 is 17.4 Å². The van der Waals surface area contributed by atoms with E-state index < -0.39 is 0 Å². The van der Waals surface area contributed by atoms with Gasteiger partial charge in [0.05, 0.1) is 17.3 Å². The molecule has 0 bridgehead atoms. The summed E-state index contributed by atoms with van der Waals surface area (Å²) in [6.45, 7) is 8.03. The van der Waals surface area contributed by atoms with Crippen molar-refractivity contribution in [2.45, 2.75) is 20.4 Å². The van der Waals surface area contributed by atoms with E-state index >= 15 is 0 Å². The molecule has 0 amide bonds. The van der Waals surface area contributed by atoms with Crippen molar-refractivity contribution in [3.8, 4) is 0 Å². The number of hydrogen-bond acceptors (Lipinski definition) is 5. The molecule has 6 heteroatoms. The lowest BCUT2D eigenvalue weighted by molar-refractivity contribution is 0.112. The smallest absolute Gasteiger partial charge is 0.140 e. The van der Waals surface area contributed by atoms with Crippen LogP contribution in [0, 0.1) is 0 Å². The van der Waals surface area contributed by atoms with Crippen molar-refractivity contribution in [2.75, 3.05) is 31.7 Å². The zero-order valence-corrected chi connectivity index (χ0v) is 11.7. The molecule has 0 fully saturated rings. The monoisotopic (exact) mass is 272 g/mol. The van der Waals surface area contributed by atoms with Gasteiger partial charge in [0.1, 0.15) is 5.82 Å². The van der Waals surface area contributed by atoms with Crippen LogP contribution in [0.4, 0.5) is 5.82 Å². The first-order valence-electron chi connectivity index (χ1n) is 6.13. The average molecular weight is 273 g/mol. The van der Waals surface area contributed by atoms with E-state index in [4.69, 9.17) is 22.2 Å². The summed E-state index contributed by atoms with van der Waals surface area (Å²) < 4.78 is 5.35. The summed E-state index contributed by atoms with van der Waals surface area (Å²) in [5.74, 6) is 5.96. The van der Waals surface area contributed by atoms with Crippen LogP contribution in [0.5, 0.6) is 0 Å². The molecule has 0 radical (unpaired) electrons. The Morgan fingerprint density at radius 2 is 2.22 bits per heavy atom. The fraction of sp³-hybridized carbons (Fsp3) is 0.583. The number of ether oxygens (including phenoxy) is 1. The van der Waals surface area contributed by atoms with Crippen molar-refractivity contribution in [3.63, 3.8) is 0 Å². The van der Waals surface area contributed by atoms with Crippen LogP contribution in [0.15, 0.2) is 12.1 Å². The fourth-order valence-electron chi connectivity index (χ4n) is 1.57. The minimum atomic E-state index is 0.621. The summed E-state index contributed by atoms with van der Waals surface area (Å²) >= 11 is 6.13. The Balaban J connectivity index is 2.62. The highest BCUT2D eigenvalue weighted by Gasteiger charge is 2.09. The average Bonchev–Trinajstić information content (AvgIpc) is 2.40. The zero-order valence-electron chi connectivity index (χ0n) is 10.9. The molecular formula is C12H21ClN4O. The SMILES string of the molecule is CCOCCN(CC)Cc1nc(NN)ccc1Cl. The molecule has 1 rings (SSSR count). The quantitative estimate of drug-likeness (QED) is 0.430. The summed E-state index contributed by atoms with van der Waals surface area (Å²) in [5, 5.41) is 0.656. The number of nitrogens with zero attached hydrogens (tertiary/aromatic N) is 2. The third-order valence-corrected chi connectivity index (χ3v) is 2.99. The van der Waals surface area contributed by atoms with Gasteiger partial charge in [0.25, 0.3) is 0 Å². The van der Waals surface area contributed by atoms with Gasteiger partial charge in [-0.15, -0.1) is 0 Å². The first kappa shape index (κ1) is 15.2. The Kier molecular flexibility index (Phi) is 6.97. The second-order valence-electron chi connectivity index (χ2n) is 3.84. The molecule has 0 aliphatic rings. The van der Waals surface area contributed by atoms with E-state index in [1.807, 2.05) is 6.92 Å². The molecule has 102 valence electrons. The largest absolute Gasteiger partial charge is 0.380 e. The minimum Gasteiger partial charge on any atom is -0.380 e. The number of nitrogens with one attached hydrogen (secondary N) is 1. The van der Waals surface area contributed by atoms with Crippen LogP contribution in [0.3, 0.4) is 0 Å². The summed E-state index contributed by atoms with van der Waals surface area (Å²) in [4.78, 5) is 6.58. The van der Waals surface area contributed by atoms with Crippen molar-refractivity contribution in [1.82, 2.24) is 9.88 Å². The molecule has 0 saturated heterocycles. The summed E-state index contributed by atoms with van der Waals surface area (Å²) in [6, 6.07) is 3.55. The van der Waals surface area contributed by atoms with Crippen LogP contribution >= 0.6 is 11.6 Å². The topological polar surface area (TPSA) is 63.4 Å². The second-order valence-corrected chi connectivity index (χ2v) is 4.24. The number of aromatic nitrogens is 1. The number of anilines is 1. The molecule has 1 heterocycles. The van der Waals surface area contributed by atoms with Crippen LogP contribution in [0.2, 0.25) is 5.02 Å². The maximum atomic E-state index is 6.13. The molecule has 3 N–H and O–H groups in total. The van der Waals surface area contributed by atoms with Crippen molar-refractivity contribution in [1.29, 1.82) is 0 Å². The Morgan fingerprint density at radius 3 is 2.83 bits per heavy atom. The highest BCUT2D eigenvalue weighted by atomic mass is 35.5. The molecule has 0 atom stereocenters.